The Morgan fingerprint density at radius 1 is 1.47 bits per heavy atom. The van der Waals surface area contributed by atoms with E-state index in [1.54, 1.807) is 6.07 Å². The second kappa shape index (κ2) is 4.30. The fourth-order valence-electron chi connectivity index (χ4n) is 3.03. The minimum Gasteiger partial charge on any atom is -0.326 e. The number of H-pyrrole nitrogens is 1. The summed E-state index contributed by atoms with van der Waals surface area (Å²) in [5.41, 5.74) is 2.50. The van der Waals surface area contributed by atoms with E-state index >= 15 is 0 Å². The van der Waals surface area contributed by atoms with Gasteiger partial charge in [0, 0.05) is 23.8 Å². The van der Waals surface area contributed by atoms with E-state index < -0.39 is 0 Å². The van der Waals surface area contributed by atoms with Gasteiger partial charge in [-0.05, 0) is 37.2 Å². The first-order chi connectivity index (χ1) is 8.28. The molecule has 0 spiro atoms. The van der Waals surface area contributed by atoms with Gasteiger partial charge in [0.15, 0.2) is 0 Å². The topological polar surface area (TPSA) is 44.9 Å². The number of nitrogens with one attached hydrogen (secondary N) is 2. The predicted molar refractivity (Wildman–Crippen MR) is 68.1 cm³/mol. The van der Waals surface area contributed by atoms with Crippen molar-refractivity contribution >= 4 is 0 Å². The van der Waals surface area contributed by atoms with Crippen LogP contribution in [-0.4, -0.2) is 11.0 Å². The highest BCUT2D eigenvalue weighted by Crippen LogP contribution is 2.37. The maximum absolute atomic E-state index is 11.3. The van der Waals surface area contributed by atoms with Gasteiger partial charge in [-0.1, -0.05) is 19.4 Å². The fraction of sp³-hybridized carbons (Fsp3) is 0.643. The van der Waals surface area contributed by atoms with E-state index in [1.165, 1.54) is 31.2 Å². The quantitative estimate of drug-likeness (QED) is 0.838. The number of aromatic nitrogens is 1. The number of aromatic amines is 1. The van der Waals surface area contributed by atoms with Crippen LogP contribution in [0, 0.1) is 5.92 Å². The Labute approximate surface area is 102 Å². The zero-order chi connectivity index (χ0) is 11.8. The molecule has 3 nitrogen and oxygen atoms in total. The third-order valence-electron chi connectivity index (χ3n) is 4.19. The first kappa shape index (κ1) is 11.0. The minimum absolute atomic E-state index is 0.0299. The molecule has 0 radical (unpaired) electrons. The van der Waals surface area contributed by atoms with E-state index in [9.17, 15) is 4.79 Å². The van der Waals surface area contributed by atoms with Crippen molar-refractivity contribution in [2.75, 3.05) is 0 Å². The van der Waals surface area contributed by atoms with Crippen molar-refractivity contribution in [3.8, 4) is 0 Å². The Hall–Kier alpha value is -1.09. The average Bonchev–Trinajstić information content (AvgIpc) is 3.07. The zero-order valence-electron chi connectivity index (χ0n) is 10.3. The molecule has 1 aromatic rings. The molecular weight excluding hydrogens is 212 g/mol. The highest BCUT2D eigenvalue weighted by atomic mass is 16.1. The normalized spacial score (nSPS) is 31.0. The maximum atomic E-state index is 11.3. The van der Waals surface area contributed by atoms with Gasteiger partial charge in [0.2, 0.25) is 5.56 Å². The molecule has 0 aliphatic heterocycles. The van der Waals surface area contributed by atoms with Gasteiger partial charge in [0.25, 0.3) is 0 Å². The summed E-state index contributed by atoms with van der Waals surface area (Å²) in [6, 6.07) is 4.83. The molecular formula is C14H20N2O. The van der Waals surface area contributed by atoms with Crippen molar-refractivity contribution in [1.82, 2.24) is 10.3 Å². The van der Waals surface area contributed by atoms with Crippen LogP contribution in [0.5, 0.6) is 0 Å². The van der Waals surface area contributed by atoms with E-state index in [0.717, 1.165) is 18.0 Å². The van der Waals surface area contributed by atoms with Crippen LogP contribution in [0.25, 0.3) is 0 Å². The predicted octanol–water partition coefficient (Wildman–Crippen LogP) is 2.14. The second-order valence-electron chi connectivity index (χ2n) is 5.38. The van der Waals surface area contributed by atoms with E-state index in [-0.39, 0.29) is 5.56 Å². The van der Waals surface area contributed by atoms with E-state index in [1.807, 2.05) is 6.07 Å². The molecule has 92 valence electrons. The first-order valence-electron chi connectivity index (χ1n) is 6.76. The molecule has 3 atom stereocenters. The lowest BCUT2D eigenvalue weighted by atomic mass is 9.91. The van der Waals surface area contributed by atoms with Crippen LogP contribution < -0.4 is 10.9 Å². The third-order valence-corrected chi connectivity index (χ3v) is 4.19. The number of hydrogen-bond donors (Lipinski definition) is 2. The van der Waals surface area contributed by atoms with Crippen molar-refractivity contribution in [2.45, 2.75) is 51.1 Å². The number of hydrogen-bond acceptors (Lipinski definition) is 2. The summed E-state index contributed by atoms with van der Waals surface area (Å²) in [6.45, 7) is 2.26. The largest absolute Gasteiger partial charge is 0.326 e. The summed E-state index contributed by atoms with van der Waals surface area (Å²) in [5.74, 6) is 0.878. The molecule has 3 unspecified atom stereocenters. The minimum atomic E-state index is 0.0299. The Bertz CT molecular complexity index is 466. The molecule has 1 fully saturated rings. The molecule has 2 aliphatic carbocycles. The van der Waals surface area contributed by atoms with Crippen LogP contribution in [0.4, 0.5) is 0 Å². The van der Waals surface area contributed by atoms with Crippen LogP contribution >= 0.6 is 0 Å². The lowest BCUT2D eigenvalue weighted by Crippen LogP contribution is -2.29. The molecule has 0 aromatic carbocycles. The molecule has 2 aliphatic rings. The van der Waals surface area contributed by atoms with Crippen LogP contribution in [-0.2, 0) is 6.42 Å². The van der Waals surface area contributed by atoms with Gasteiger partial charge in [-0.25, -0.2) is 0 Å². The first-order valence-corrected chi connectivity index (χ1v) is 6.76. The smallest absolute Gasteiger partial charge is 0.248 e. The number of fused-ring (bicyclic) bond motifs is 1. The average molecular weight is 232 g/mol. The lowest BCUT2D eigenvalue weighted by Gasteiger charge is -2.26. The highest BCUT2D eigenvalue weighted by Gasteiger charge is 2.37. The Morgan fingerprint density at radius 3 is 3.12 bits per heavy atom. The van der Waals surface area contributed by atoms with Gasteiger partial charge in [0.1, 0.15) is 0 Å². The van der Waals surface area contributed by atoms with Gasteiger partial charge >= 0.3 is 0 Å². The summed E-state index contributed by atoms with van der Waals surface area (Å²) in [7, 11) is 0. The maximum Gasteiger partial charge on any atom is 0.248 e. The van der Waals surface area contributed by atoms with Gasteiger partial charge < -0.3 is 10.3 Å². The number of aryl methyl sites for hydroxylation is 1. The molecule has 1 aromatic heterocycles. The van der Waals surface area contributed by atoms with Gasteiger partial charge in [-0.3, -0.25) is 4.79 Å². The second-order valence-corrected chi connectivity index (χ2v) is 5.38. The van der Waals surface area contributed by atoms with Crippen LogP contribution in [0.1, 0.15) is 49.9 Å². The molecule has 1 heterocycles. The molecule has 0 bridgehead atoms. The molecule has 3 rings (SSSR count). The van der Waals surface area contributed by atoms with Crippen LogP contribution in [0.15, 0.2) is 16.9 Å². The summed E-state index contributed by atoms with van der Waals surface area (Å²) in [4.78, 5) is 14.3. The van der Waals surface area contributed by atoms with E-state index in [2.05, 4.69) is 17.2 Å². The number of rotatable bonds is 3. The summed E-state index contributed by atoms with van der Waals surface area (Å²) >= 11 is 0. The Kier molecular flexibility index (Phi) is 2.79. The fourth-order valence-corrected chi connectivity index (χ4v) is 3.03. The Balaban J connectivity index is 1.78. The SMILES string of the molecule is CCC1CC1NC1CCCc2[nH]c(=O)ccc21. The summed E-state index contributed by atoms with van der Waals surface area (Å²) < 4.78 is 0. The van der Waals surface area contributed by atoms with Crippen LogP contribution in [0.2, 0.25) is 0 Å². The molecule has 2 N–H and O–H groups in total. The van der Waals surface area contributed by atoms with Crippen molar-refractivity contribution in [3.63, 3.8) is 0 Å². The number of pyridine rings is 1. The van der Waals surface area contributed by atoms with E-state index in [0.29, 0.717) is 12.1 Å². The van der Waals surface area contributed by atoms with Crippen molar-refractivity contribution < 1.29 is 0 Å². The van der Waals surface area contributed by atoms with Crippen molar-refractivity contribution in [2.24, 2.45) is 5.92 Å². The summed E-state index contributed by atoms with van der Waals surface area (Å²) in [5, 5.41) is 3.75. The monoisotopic (exact) mass is 232 g/mol. The lowest BCUT2D eigenvalue weighted by molar-refractivity contribution is 0.439. The van der Waals surface area contributed by atoms with Crippen molar-refractivity contribution in [1.29, 1.82) is 0 Å². The molecule has 17 heavy (non-hydrogen) atoms. The van der Waals surface area contributed by atoms with E-state index in [4.69, 9.17) is 0 Å². The molecule has 1 saturated carbocycles. The highest BCUT2D eigenvalue weighted by molar-refractivity contribution is 5.26. The van der Waals surface area contributed by atoms with Gasteiger partial charge in [-0.15, -0.1) is 0 Å². The van der Waals surface area contributed by atoms with Gasteiger partial charge in [0.05, 0.1) is 0 Å². The Morgan fingerprint density at radius 2 is 2.35 bits per heavy atom. The molecule has 3 heteroatoms. The van der Waals surface area contributed by atoms with Crippen molar-refractivity contribution in [3.05, 3.63) is 33.7 Å². The standard InChI is InChI=1S/C14H20N2O/c1-2-9-8-13(9)15-11-4-3-5-12-10(11)6-7-14(17)16-12/h6-7,9,11,13,15H,2-5,8H2,1H3,(H,16,17). The van der Waals surface area contributed by atoms with Crippen LogP contribution in [0.3, 0.4) is 0 Å². The molecule has 0 saturated heterocycles. The molecule has 0 amide bonds. The zero-order valence-corrected chi connectivity index (χ0v) is 10.3. The van der Waals surface area contributed by atoms with Gasteiger partial charge in [-0.2, -0.15) is 0 Å². The summed E-state index contributed by atoms with van der Waals surface area (Å²) in [6.07, 6.45) is 6.00. The third kappa shape index (κ3) is 2.16.